The number of hydrogen-bond acceptors (Lipinski definition) is 7. The van der Waals surface area contributed by atoms with Crippen LogP contribution in [0.25, 0.3) is 16.9 Å². The fourth-order valence-corrected chi connectivity index (χ4v) is 4.91. The third-order valence-corrected chi connectivity index (χ3v) is 6.96. The molecule has 2 aromatic heterocycles. The van der Waals surface area contributed by atoms with Crippen molar-refractivity contribution in [1.29, 1.82) is 0 Å². The molecule has 0 radical (unpaired) electrons. The Hall–Kier alpha value is -2.79. The molecule has 1 saturated heterocycles. The first-order chi connectivity index (χ1) is 17.3. The van der Waals surface area contributed by atoms with E-state index in [9.17, 15) is 13.9 Å². The molecule has 2 unspecified atom stereocenters. The van der Waals surface area contributed by atoms with Crippen LogP contribution in [0.3, 0.4) is 0 Å². The number of rotatable bonds is 9. The Morgan fingerprint density at radius 2 is 1.92 bits per heavy atom. The van der Waals surface area contributed by atoms with Crippen LogP contribution in [0.5, 0.6) is 11.5 Å². The Morgan fingerprint density at radius 1 is 1.19 bits per heavy atom. The Labute approximate surface area is 208 Å². The lowest BCUT2D eigenvalue weighted by molar-refractivity contribution is -0.0560. The first kappa shape index (κ1) is 24.9. The third-order valence-electron chi connectivity index (χ3n) is 6.96. The molecule has 0 bridgehead atoms. The Bertz CT molecular complexity index is 1220. The van der Waals surface area contributed by atoms with Crippen molar-refractivity contribution in [1.82, 2.24) is 19.6 Å². The lowest BCUT2D eigenvalue weighted by Crippen LogP contribution is -2.41. The normalized spacial score (nSPS) is 19.4. The summed E-state index contributed by atoms with van der Waals surface area (Å²) in [5.74, 6) is 0.0961. The van der Waals surface area contributed by atoms with Gasteiger partial charge in [-0.25, -0.2) is 4.98 Å². The second-order valence-corrected chi connectivity index (χ2v) is 9.58. The number of nitrogens with one attached hydrogen (secondary N) is 1. The molecule has 3 aromatic rings. The van der Waals surface area contributed by atoms with Gasteiger partial charge in [-0.3, -0.25) is 14.6 Å². The summed E-state index contributed by atoms with van der Waals surface area (Å²) in [6, 6.07) is 7.63. The van der Waals surface area contributed by atoms with E-state index in [2.05, 4.69) is 22.1 Å². The van der Waals surface area contributed by atoms with Crippen molar-refractivity contribution in [3.05, 3.63) is 47.8 Å². The zero-order valence-electron chi connectivity index (χ0n) is 20.7. The van der Waals surface area contributed by atoms with Gasteiger partial charge in [-0.05, 0) is 56.5 Å². The molecule has 10 heteroatoms. The third kappa shape index (κ3) is 5.04. The molecule has 1 saturated carbocycles. The van der Waals surface area contributed by atoms with E-state index >= 15 is 0 Å². The highest BCUT2D eigenvalue weighted by molar-refractivity contribution is 5.70. The second-order valence-electron chi connectivity index (χ2n) is 9.58. The fourth-order valence-electron chi connectivity index (χ4n) is 4.91. The molecule has 0 spiro atoms. The maximum absolute atomic E-state index is 13.4. The maximum Gasteiger partial charge on any atom is 0.387 e. The molecule has 5 rings (SSSR count). The zero-order chi connectivity index (χ0) is 25.4. The van der Waals surface area contributed by atoms with Gasteiger partial charge in [0.2, 0.25) is 0 Å². The van der Waals surface area contributed by atoms with Crippen LogP contribution in [0, 0.1) is 0 Å². The number of hydrogen-bond donors (Lipinski definition) is 2. The highest BCUT2D eigenvalue weighted by atomic mass is 19.3. The van der Waals surface area contributed by atoms with Crippen LogP contribution in [0.1, 0.15) is 43.9 Å². The molecule has 2 N–H and O–H groups in total. The van der Waals surface area contributed by atoms with Gasteiger partial charge >= 0.3 is 6.61 Å². The van der Waals surface area contributed by atoms with Gasteiger partial charge in [0.05, 0.1) is 37.8 Å². The van der Waals surface area contributed by atoms with Crippen molar-refractivity contribution in [3.8, 4) is 22.8 Å². The molecule has 1 aromatic carbocycles. The lowest BCUT2D eigenvalue weighted by Gasteiger charge is -2.32. The van der Waals surface area contributed by atoms with E-state index < -0.39 is 12.3 Å². The summed E-state index contributed by atoms with van der Waals surface area (Å²) in [6.07, 6.45) is 5.45. The van der Waals surface area contributed by atoms with Crippen molar-refractivity contribution >= 4 is 5.65 Å². The number of alkyl halides is 2. The Balaban J connectivity index is 1.53. The van der Waals surface area contributed by atoms with E-state index in [1.54, 1.807) is 12.3 Å². The molecule has 2 aliphatic rings. The van der Waals surface area contributed by atoms with Gasteiger partial charge in [-0.2, -0.15) is 8.78 Å². The van der Waals surface area contributed by atoms with Crippen molar-refractivity contribution in [2.24, 2.45) is 0 Å². The van der Waals surface area contributed by atoms with Gasteiger partial charge in [0.25, 0.3) is 0 Å². The number of nitrogens with zero attached hydrogens (tertiary/aromatic N) is 3. The SMILES string of the molecule is COc1cc(-c2cnc3cc(C(C)N4CCOCC4)ccn23)cc(OC(F)F)c1C(C)(O)NC1CC1. The minimum Gasteiger partial charge on any atom is -0.496 e. The first-order valence-corrected chi connectivity index (χ1v) is 12.2. The van der Waals surface area contributed by atoms with Gasteiger partial charge in [0.15, 0.2) is 0 Å². The number of pyridine rings is 1. The standard InChI is InChI=1S/C26H32F2N4O4/c1-16(31-8-10-35-11-9-31)17-6-7-32-20(15-29-23(32)14-17)18-12-21(34-3)24(22(13-18)36-25(27)28)26(2,33)30-19-4-5-19/h6-7,12-16,19,25,30,33H,4-5,8-11H2,1-3H3. The largest absolute Gasteiger partial charge is 0.496 e. The quantitative estimate of drug-likeness (QED) is 0.430. The molecule has 8 nitrogen and oxygen atoms in total. The van der Waals surface area contributed by atoms with Crippen LogP contribution in [-0.2, 0) is 10.5 Å². The van der Waals surface area contributed by atoms with Crippen LogP contribution in [0.4, 0.5) is 8.78 Å². The van der Waals surface area contributed by atoms with Crippen LogP contribution in [-0.4, -0.2) is 65.5 Å². The van der Waals surface area contributed by atoms with Gasteiger partial charge in [-0.15, -0.1) is 0 Å². The average Bonchev–Trinajstić information content (AvgIpc) is 3.56. The van der Waals surface area contributed by atoms with Crippen molar-refractivity contribution in [3.63, 3.8) is 0 Å². The first-order valence-electron chi connectivity index (χ1n) is 12.2. The Kier molecular flexibility index (Phi) is 6.86. The number of imidazole rings is 1. The molecule has 1 aliphatic heterocycles. The predicted molar refractivity (Wildman–Crippen MR) is 130 cm³/mol. The molecule has 1 aliphatic carbocycles. The van der Waals surface area contributed by atoms with Crippen LogP contribution >= 0.6 is 0 Å². The molecule has 36 heavy (non-hydrogen) atoms. The van der Waals surface area contributed by atoms with E-state index in [0.717, 1.165) is 50.4 Å². The highest BCUT2D eigenvalue weighted by Crippen LogP contribution is 2.42. The Morgan fingerprint density at radius 3 is 2.58 bits per heavy atom. The summed E-state index contributed by atoms with van der Waals surface area (Å²) < 4.78 is 44.6. The smallest absolute Gasteiger partial charge is 0.387 e. The number of aliphatic hydroxyl groups is 1. The number of fused-ring (bicyclic) bond motifs is 1. The summed E-state index contributed by atoms with van der Waals surface area (Å²) in [7, 11) is 1.44. The maximum atomic E-state index is 13.4. The van der Waals surface area contributed by atoms with Crippen LogP contribution < -0.4 is 14.8 Å². The van der Waals surface area contributed by atoms with E-state index in [0.29, 0.717) is 11.3 Å². The van der Waals surface area contributed by atoms with E-state index in [1.807, 2.05) is 22.7 Å². The van der Waals surface area contributed by atoms with E-state index in [-0.39, 0.29) is 29.1 Å². The van der Waals surface area contributed by atoms with Crippen molar-refractivity contribution in [2.45, 2.75) is 51.1 Å². The zero-order valence-corrected chi connectivity index (χ0v) is 20.7. The molecular formula is C26H32F2N4O4. The summed E-state index contributed by atoms with van der Waals surface area (Å²) in [4.78, 5) is 6.95. The fraction of sp³-hybridized carbons (Fsp3) is 0.500. The van der Waals surface area contributed by atoms with Crippen LogP contribution in [0.2, 0.25) is 0 Å². The molecular weight excluding hydrogens is 470 g/mol. The molecule has 2 atom stereocenters. The lowest BCUT2D eigenvalue weighted by atomic mass is 9.98. The number of benzene rings is 1. The number of halogens is 2. The van der Waals surface area contributed by atoms with Crippen molar-refractivity contribution in [2.75, 3.05) is 33.4 Å². The summed E-state index contributed by atoms with van der Waals surface area (Å²) in [5, 5.41) is 14.2. The minimum absolute atomic E-state index is 0.122. The molecule has 3 heterocycles. The van der Waals surface area contributed by atoms with Gasteiger partial charge in [0, 0.05) is 36.9 Å². The monoisotopic (exact) mass is 502 g/mol. The van der Waals surface area contributed by atoms with Gasteiger partial charge in [-0.1, -0.05) is 0 Å². The summed E-state index contributed by atoms with van der Waals surface area (Å²) in [6.45, 7) is 3.84. The second kappa shape index (κ2) is 9.93. The number of morpholine rings is 1. The summed E-state index contributed by atoms with van der Waals surface area (Å²) in [5.41, 5.74) is 1.67. The minimum atomic E-state index is -3.06. The summed E-state index contributed by atoms with van der Waals surface area (Å²) >= 11 is 0. The number of aromatic nitrogens is 2. The van der Waals surface area contributed by atoms with Crippen LogP contribution in [0.15, 0.2) is 36.7 Å². The molecule has 194 valence electrons. The predicted octanol–water partition coefficient (Wildman–Crippen LogP) is 3.92. The van der Waals surface area contributed by atoms with Crippen molar-refractivity contribution < 1.29 is 28.1 Å². The van der Waals surface area contributed by atoms with Gasteiger partial charge in [0.1, 0.15) is 22.9 Å². The molecule has 0 amide bonds. The topological polar surface area (TPSA) is 80.5 Å². The van der Waals surface area contributed by atoms with Gasteiger partial charge < -0.3 is 19.3 Å². The van der Waals surface area contributed by atoms with E-state index in [4.69, 9.17) is 14.2 Å². The number of ether oxygens (including phenoxy) is 3. The average molecular weight is 503 g/mol. The highest BCUT2D eigenvalue weighted by Gasteiger charge is 2.37. The number of methoxy groups -OCH3 is 1. The molecule has 2 fully saturated rings. The van der Waals surface area contributed by atoms with E-state index in [1.165, 1.54) is 20.1 Å².